The zero-order chi connectivity index (χ0) is 21.2. The predicted molar refractivity (Wildman–Crippen MR) is 122 cm³/mol. The van der Waals surface area contributed by atoms with Crippen LogP contribution in [0.4, 0.5) is 0 Å². The van der Waals surface area contributed by atoms with E-state index in [9.17, 15) is 4.79 Å². The molecule has 3 aromatic rings. The molecule has 2 aliphatic rings. The van der Waals surface area contributed by atoms with Crippen LogP contribution in [0.3, 0.4) is 0 Å². The van der Waals surface area contributed by atoms with Crippen molar-refractivity contribution < 1.29 is 9.53 Å². The third-order valence-electron chi connectivity index (χ3n) is 6.23. The van der Waals surface area contributed by atoms with Crippen molar-refractivity contribution in [2.24, 2.45) is 0 Å². The maximum absolute atomic E-state index is 13.1. The summed E-state index contributed by atoms with van der Waals surface area (Å²) in [5.41, 5.74) is 0.822. The van der Waals surface area contributed by atoms with Gasteiger partial charge in [-0.3, -0.25) is 9.69 Å². The molecular formula is C22H27N5O2S2. The molecule has 3 aromatic heterocycles. The van der Waals surface area contributed by atoms with Crippen molar-refractivity contribution in [3.63, 3.8) is 0 Å². The van der Waals surface area contributed by atoms with Crippen molar-refractivity contribution in [2.75, 3.05) is 26.2 Å². The van der Waals surface area contributed by atoms with Gasteiger partial charge in [-0.25, -0.2) is 9.97 Å². The number of aromatic nitrogens is 3. The fraction of sp³-hybridized carbons (Fsp3) is 0.500. The third-order valence-corrected chi connectivity index (χ3v) is 8.05. The summed E-state index contributed by atoms with van der Waals surface area (Å²) in [6.45, 7) is 5.68. The Morgan fingerprint density at radius 2 is 1.84 bits per heavy atom. The molecule has 7 nitrogen and oxygen atoms in total. The van der Waals surface area contributed by atoms with Crippen LogP contribution in [0.5, 0.6) is 5.19 Å². The Labute approximate surface area is 190 Å². The second-order valence-electron chi connectivity index (χ2n) is 8.18. The number of ether oxygens (including phenoxy) is 1. The van der Waals surface area contributed by atoms with Gasteiger partial charge in [0.2, 0.25) is 0 Å². The van der Waals surface area contributed by atoms with E-state index in [2.05, 4.69) is 14.9 Å². The second-order valence-corrected chi connectivity index (χ2v) is 10.0. The maximum atomic E-state index is 13.1. The van der Waals surface area contributed by atoms with E-state index < -0.39 is 0 Å². The number of rotatable bonds is 5. The number of aryl methyl sites for hydroxylation is 1. The Bertz CT molecular complexity index is 985. The average molecular weight is 458 g/mol. The standard InChI is InChI=1S/C22H27N5O2S2/c1-16-19(31-21(24-16)27-9-2-3-10-27)20(28)26-11-4-17(5-12-26)25-13-6-18(7-14-25)29-22-23-8-15-30-22/h2-3,8-10,15,17-18H,4-7,11-14H2,1H3. The molecule has 0 unspecified atom stereocenters. The van der Waals surface area contributed by atoms with Gasteiger partial charge in [-0.2, -0.15) is 0 Å². The molecule has 0 aliphatic carbocycles. The van der Waals surface area contributed by atoms with Crippen LogP contribution in [0.25, 0.3) is 5.13 Å². The number of carbonyl (C=O) groups excluding carboxylic acids is 1. The minimum absolute atomic E-state index is 0.127. The highest BCUT2D eigenvalue weighted by Gasteiger charge is 2.31. The van der Waals surface area contributed by atoms with Crippen LogP contribution < -0.4 is 4.74 Å². The van der Waals surface area contributed by atoms with Crippen molar-refractivity contribution in [3.8, 4) is 10.3 Å². The monoisotopic (exact) mass is 457 g/mol. The molecule has 0 radical (unpaired) electrons. The molecule has 0 spiro atoms. The maximum Gasteiger partial charge on any atom is 0.273 e. The zero-order valence-electron chi connectivity index (χ0n) is 17.6. The molecular weight excluding hydrogens is 430 g/mol. The van der Waals surface area contributed by atoms with Crippen LogP contribution in [-0.4, -0.2) is 68.6 Å². The quantitative estimate of drug-likeness (QED) is 0.582. The second kappa shape index (κ2) is 9.10. The Hall–Kier alpha value is -2.23. The van der Waals surface area contributed by atoms with Crippen LogP contribution in [0.15, 0.2) is 36.1 Å². The lowest BCUT2D eigenvalue weighted by Crippen LogP contribution is -2.50. The molecule has 0 atom stereocenters. The van der Waals surface area contributed by atoms with Gasteiger partial charge >= 0.3 is 0 Å². The number of carbonyl (C=O) groups is 1. The summed E-state index contributed by atoms with van der Waals surface area (Å²) < 4.78 is 7.95. The van der Waals surface area contributed by atoms with Crippen LogP contribution in [-0.2, 0) is 0 Å². The molecule has 9 heteroatoms. The van der Waals surface area contributed by atoms with Gasteiger partial charge in [-0.1, -0.05) is 22.7 Å². The fourth-order valence-corrected chi connectivity index (χ4v) is 6.05. The molecule has 5 heterocycles. The molecule has 2 aliphatic heterocycles. The Morgan fingerprint density at radius 3 is 2.52 bits per heavy atom. The van der Waals surface area contributed by atoms with Crippen LogP contribution in [0.2, 0.25) is 0 Å². The predicted octanol–water partition coefficient (Wildman–Crippen LogP) is 3.85. The summed E-state index contributed by atoms with van der Waals surface area (Å²) in [5, 5.41) is 3.58. The van der Waals surface area contributed by atoms with E-state index in [0.717, 1.165) is 72.8 Å². The first-order chi connectivity index (χ1) is 15.2. The van der Waals surface area contributed by atoms with Crippen LogP contribution >= 0.6 is 22.7 Å². The average Bonchev–Trinajstić information content (AvgIpc) is 3.56. The Balaban J connectivity index is 1.13. The topological polar surface area (TPSA) is 63.5 Å². The molecule has 31 heavy (non-hydrogen) atoms. The van der Waals surface area contributed by atoms with E-state index in [0.29, 0.717) is 6.04 Å². The van der Waals surface area contributed by atoms with Gasteiger partial charge in [0, 0.05) is 56.2 Å². The van der Waals surface area contributed by atoms with E-state index in [1.54, 1.807) is 17.5 Å². The van der Waals surface area contributed by atoms with Crippen molar-refractivity contribution in [1.82, 2.24) is 24.3 Å². The highest BCUT2D eigenvalue weighted by Crippen LogP contribution is 2.27. The van der Waals surface area contributed by atoms with Gasteiger partial charge in [-0.15, -0.1) is 0 Å². The van der Waals surface area contributed by atoms with Gasteiger partial charge in [-0.05, 0) is 44.7 Å². The van der Waals surface area contributed by atoms with Crippen molar-refractivity contribution in [1.29, 1.82) is 0 Å². The molecule has 5 rings (SSSR count). The third kappa shape index (κ3) is 4.53. The lowest BCUT2D eigenvalue weighted by molar-refractivity contribution is 0.0427. The number of hydrogen-bond acceptors (Lipinski definition) is 7. The summed E-state index contributed by atoms with van der Waals surface area (Å²) in [7, 11) is 0. The summed E-state index contributed by atoms with van der Waals surface area (Å²) in [5.74, 6) is 0.127. The molecule has 2 fully saturated rings. The first-order valence-corrected chi connectivity index (χ1v) is 12.6. The Kier molecular flexibility index (Phi) is 6.06. The van der Waals surface area contributed by atoms with Gasteiger partial charge in [0.15, 0.2) is 5.13 Å². The molecule has 0 bridgehead atoms. The number of likely N-dealkylation sites (tertiary alicyclic amines) is 2. The number of amides is 1. The number of nitrogens with zero attached hydrogens (tertiary/aromatic N) is 5. The Morgan fingerprint density at radius 1 is 1.10 bits per heavy atom. The van der Waals surface area contributed by atoms with E-state index in [1.165, 1.54) is 11.3 Å². The molecule has 0 N–H and O–H groups in total. The normalized spacial score (nSPS) is 19.1. The summed E-state index contributed by atoms with van der Waals surface area (Å²) in [6, 6.07) is 4.50. The summed E-state index contributed by atoms with van der Waals surface area (Å²) >= 11 is 3.04. The zero-order valence-corrected chi connectivity index (χ0v) is 19.3. The smallest absolute Gasteiger partial charge is 0.273 e. The number of thiazole rings is 2. The van der Waals surface area contributed by atoms with E-state index in [-0.39, 0.29) is 12.0 Å². The van der Waals surface area contributed by atoms with Crippen molar-refractivity contribution >= 4 is 28.6 Å². The summed E-state index contributed by atoms with van der Waals surface area (Å²) in [6.07, 6.45) is 10.1. The van der Waals surface area contributed by atoms with E-state index in [4.69, 9.17) is 4.74 Å². The van der Waals surface area contributed by atoms with E-state index >= 15 is 0 Å². The molecule has 0 aromatic carbocycles. The SMILES string of the molecule is Cc1nc(-n2cccc2)sc1C(=O)N1CCC(N2CCC(Oc3nccs3)CC2)CC1. The molecule has 2 saturated heterocycles. The van der Waals surface area contributed by atoms with Crippen molar-refractivity contribution in [2.45, 2.75) is 44.8 Å². The molecule has 0 saturated carbocycles. The lowest BCUT2D eigenvalue weighted by atomic mass is 9.98. The van der Waals surface area contributed by atoms with Crippen molar-refractivity contribution in [3.05, 3.63) is 46.7 Å². The highest BCUT2D eigenvalue weighted by molar-refractivity contribution is 7.16. The molecule has 164 valence electrons. The number of piperidine rings is 2. The van der Waals surface area contributed by atoms with Gasteiger partial charge < -0.3 is 14.2 Å². The van der Waals surface area contributed by atoms with Gasteiger partial charge in [0.1, 0.15) is 11.0 Å². The number of hydrogen-bond donors (Lipinski definition) is 0. The fourth-order valence-electron chi connectivity index (χ4n) is 4.50. The minimum Gasteiger partial charge on any atom is -0.467 e. The van der Waals surface area contributed by atoms with Gasteiger partial charge in [0.05, 0.1) is 5.69 Å². The first-order valence-electron chi connectivity index (χ1n) is 10.9. The first kappa shape index (κ1) is 20.7. The largest absolute Gasteiger partial charge is 0.467 e. The minimum atomic E-state index is 0.127. The van der Waals surface area contributed by atoms with Crippen LogP contribution in [0.1, 0.15) is 41.0 Å². The lowest BCUT2D eigenvalue weighted by Gasteiger charge is -2.41. The highest BCUT2D eigenvalue weighted by atomic mass is 32.1. The van der Waals surface area contributed by atoms with Gasteiger partial charge in [0.25, 0.3) is 11.1 Å². The molecule has 1 amide bonds. The summed E-state index contributed by atoms with van der Waals surface area (Å²) in [4.78, 5) is 27.3. The van der Waals surface area contributed by atoms with E-state index in [1.807, 2.05) is 46.3 Å². The van der Waals surface area contributed by atoms with Crippen LogP contribution in [0, 0.1) is 6.92 Å².